The van der Waals surface area contributed by atoms with Gasteiger partial charge >= 0.3 is 0 Å². The van der Waals surface area contributed by atoms with Crippen molar-refractivity contribution >= 4 is 11.8 Å². The van der Waals surface area contributed by atoms with Crippen molar-refractivity contribution in [1.29, 1.82) is 0 Å². The molecule has 0 radical (unpaired) electrons. The number of carbonyl (C=O) groups is 2. The van der Waals surface area contributed by atoms with E-state index in [9.17, 15) is 9.59 Å². The van der Waals surface area contributed by atoms with Crippen molar-refractivity contribution < 1.29 is 9.59 Å². The van der Waals surface area contributed by atoms with E-state index in [1.165, 1.54) is 24.8 Å². The van der Waals surface area contributed by atoms with Gasteiger partial charge in [-0.15, -0.1) is 0 Å². The van der Waals surface area contributed by atoms with E-state index in [0.29, 0.717) is 12.5 Å². The summed E-state index contributed by atoms with van der Waals surface area (Å²) in [6.07, 6.45) is 10.2. The lowest BCUT2D eigenvalue weighted by Gasteiger charge is -2.40. The molecule has 1 N–H and O–H groups in total. The minimum absolute atomic E-state index is 0.00313. The molecule has 2 amide bonds. The monoisotopic (exact) mass is 276 g/mol. The molecule has 1 saturated carbocycles. The Morgan fingerprint density at radius 1 is 1.35 bits per heavy atom. The normalized spacial score (nSPS) is 31.1. The minimum Gasteiger partial charge on any atom is -0.340 e. The fraction of sp³-hybridized carbons (Fsp3) is 0.750. The molecule has 1 unspecified atom stereocenters. The van der Waals surface area contributed by atoms with E-state index in [-0.39, 0.29) is 18.4 Å². The number of hydrogen-bond donors (Lipinski definition) is 1. The summed E-state index contributed by atoms with van der Waals surface area (Å²) in [7, 11) is 0. The van der Waals surface area contributed by atoms with Gasteiger partial charge in [0.2, 0.25) is 11.8 Å². The van der Waals surface area contributed by atoms with Gasteiger partial charge in [-0.25, -0.2) is 0 Å². The van der Waals surface area contributed by atoms with Gasteiger partial charge in [0, 0.05) is 6.54 Å². The quantitative estimate of drug-likeness (QED) is 0.798. The van der Waals surface area contributed by atoms with Crippen molar-refractivity contribution in [1.82, 2.24) is 10.2 Å². The summed E-state index contributed by atoms with van der Waals surface area (Å²) >= 11 is 0. The Bertz CT molecular complexity index is 453. The number of nitrogens with zero attached hydrogens (tertiary/aromatic N) is 1. The Balaban J connectivity index is 1.64. The third-order valence-electron chi connectivity index (χ3n) is 4.95. The summed E-state index contributed by atoms with van der Waals surface area (Å²) in [5.74, 6) is 0.461. The molecule has 2 fully saturated rings. The molecule has 0 aromatic heterocycles. The lowest BCUT2D eigenvalue weighted by molar-refractivity contribution is -0.150. The highest BCUT2D eigenvalue weighted by Gasteiger charge is 2.52. The van der Waals surface area contributed by atoms with Crippen LogP contribution in [0.3, 0.4) is 0 Å². The minimum atomic E-state index is -0.643. The predicted molar refractivity (Wildman–Crippen MR) is 77.0 cm³/mol. The van der Waals surface area contributed by atoms with Crippen molar-refractivity contribution in [2.45, 2.75) is 57.4 Å². The first-order chi connectivity index (χ1) is 9.59. The van der Waals surface area contributed by atoms with Crippen molar-refractivity contribution in [3.05, 3.63) is 11.6 Å². The Kier molecular flexibility index (Phi) is 3.57. The van der Waals surface area contributed by atoms with Crippen LogP contribution in [0, 0.1) is 5.92 Å². The van der Waals surface area contributed by atoms with Gasteiger partial charge in [0.25, 0.3) is 0 Å². The zero-order valence-corrected chi connectivity index (χ0v) is 12.3. The first kappa shape index (κ1) is 13.7. The molecule has 1 saturated heterocycles. The molecule has 0 spiro atoms. The third-order valence-corrected chi connectivity index (χ3v) is 4.95. The van der Waals surface area contributed by atoms with Crippen LogP contribution in [0.15, 0.2) is 11.6 Å². The molecule has 110 valence electrons. The van der Waals surface area contributed by atoms with Crippen molar-refractivity contribution in [3.63, 3.8) is 0 Å². The molecule has 20 heavy (non-hydrogen) atoms. The largest absolute Gasteiger partial charge is 0.340 e. The summed E-state index contributed by atoms with van der Waals surface area (Å²) in [4.78, 5) is 26.3. The summed E-state index contributed by atoms with van der Waals surface area (Å²) in [5.41, 5.74) is 0.819. The molecule has 3 rings (SSSR count). The molecule has 4 nitrogen and oxygen atoms in total. The van der Waals surface area contributed by atoms with E-state index in [0.717, 1.165) is 25.7 Å². The number of rotatable bonds is 4. The van der Waals surface area contributed by atoms with E-state index in [1.807, 2.05) is 6.92 Å². The van der Waals surface area contributed by atoms with Crippen LogP contribution in [-0.4, -0.2) is 35.3 Å². The van der Waals surface area contributed by atoms with E-state index in [4.69, 9.17) is 0 Å². The molecular weight excluding hydrogens is 252 g/mol. The molecule has 0 bridgehead atoms. The average molecular weight is 276 g/mol. The van der Waals surface area contributed by atoms with Gasteiger partial charge in [-0.2, -0.15) is 0 Å². The maximum absolute atomic E-state index is 12.6. The topological polar surface area (TPSA) is 49.4 Å². The van der Waals surface area contributed by atoms with Crippen molar-refractivity contribution in [2.24, 2.45) is 5.92 Å². The second-order valence-electron chi connectivity index (χ2n) is 6.61. The Hall–Kier alpha value is -1.32. The smallest absolute Gasteiger partial charge is 0.248 e. The predicted octanol–water partition coefficient (Wildman–Crippen LogP) is 2.00. The van der Waals surface area contributed by atoms with Gasteiger partial charge in [-0.1, -0.05) is 11.6 Å². The van der Waals surface area contributed by atoms with Crippen LogP contribution in [0.25, 0.3) is 0 Å². The maximum atomic E-state index is 12.6. The fourth-order valence-corrected chi connectivity index (χ4v) is 3.48. The van der Waals surface area contributed by atoms with Crippen LogP contribution in [-0.2, 0) is 9.59 Å². The lowest BCUT2D eigenvalue weighted by Crippen LogP contribution is -2.66. The van der Waals surface area contributed by atoms with Gasteiger partial charge in [0.05, 0.1) is 6.54 Å². The molecule has 0 aromatic carbocycles. The Labute approximate surface area is 120 Å². The summed E-state index contributed by atoms with van der Waals surface area (Å²) in [6, 6.07) is 0. The molecule has 1 atom stereocenters. The van der Waals surface area contributed by atoms with E-state index < -0.39 is 5.54 Å². The highest BCUT2D eigenvalue weighted by molar-refractivity contribution is 5.98. The maximum Gasteiger partial charge on any atom is 0.248 e. The Morgan fingerprint density at radius 2 is 2.15 bits per heavy atom. The lowest BCUT2D eigenvalue weighted by atomic mass is 9.91. The van der Waals surface area contributed by atoms with E-state index in [2.05, 4.69) is 11.4 Å². The van der Waals surface area contributed by atoms with Crippen molar-refractivity contribution in [2.75, 3.05) is 13.1 Å². The van der Waals surface area contributed by atoms with Crippen LogP contribution in [0.5, 0.6) is 0 Å². The molecule has 1 heterocycles. The number of allylic oxidation sites excluding steroid dienone is 1. The van der Waals surface area contributed by atoms with Gasteiger partial charge in [-0.3, -0.25) is 9.59 Å². The van der Waals surface area contributed by atoms with Crippen LogP contribution in [0.4, 0.5) is 0 Å². The molecule has 2 aliphatic carbocycles. The van der Waals surface area contributed by atoms with E-state index >= 15 is 0 Å². The second kappa shape index (κ2) is 5.23. The summed E-state index contributed by atoms with van der Waals surface area (Å²) < 4.78 is 0. The highest BCUT2D eigenvalue weighted by atomic mass is 16.2. The zero-order chi connectivity index (χ0) is 14.2. The summed E-state index contributed by atoms with van der Waals surface area (Å²) in [6.45, 7) is 2.83. The number of amides is 2. The number of piperazine rings is 1. The Morgan fingerprint density at radius 3 is 2.80 bits per heavy atom. The van der Waals surface area contributed by atoms with Gasteiger partial charge < -0.3 is 10.2 Å². The molecule has 1 aliphatic heterocycles. The first-order valence-corrected chi connectivity index (χ1v) is 7.88. The second-order valence-corrected chi connectivity index (χ2v) is 6.61. The molecule has 3 aliphatic rings. The zero-order valence-electron chi connectivity index (χ0n) is 12.3. The average Bonchev–Trinajstić information content (AvgIpc) is 3.27. The van der Waals surface area contributed by atoms with E-state index in [1.54, 1.807) is 4.90 Å². The first-order valence-electron chi connectivity index (χ1n) is 7.88. The van der Waals surface area contributed by atoms with Crippen molar-refractivity contribution in [3.8, 4) is 0 Å². The van der Waals surface area contributed by atoms with Crippen LogP contribution in [0.2, 0.25) is 0 Å². The van der Waals surface area contributed by atoms with Gasteiger partial charge in [0.1, 0.15) is 5.54 Å². The number of hydrogen-bond acceptors (Lipinski definition) is 2. The third kappa shape index (κ3) is 2.60. The van der Waals surface area contributed by atoms with Gasteiger partial charge in [-0.05, 0) is 57.8 Å². The van der Waals surface area contributed by atoms with Crippen LogP contribution in [0.1, 0.15) is 51.9 Å². The van der Waals surface area contributed by atoms with Crippen LogP contribution >= 0.6 is 0 Å². The fourth-order valence-electron chi connectivity index (χ4n) is 3.48. The highest BCUT2D eigenvalue weighted by Crippen LogP contribution is 2.41. The summed E-state index contributed by atoms with van der Waals surface area (Å²) in [5, 5.41) is 2.93. The molecule has 4 heteroatoms. The molecular formula is C16H24N2O2. The SMILES string of the molecule is CC1(C2CC2)NC(=O)CN(CCC2=CCCCC2)C1=O. The number of carbonyl (C=O) groups excluding carboxylic acids is 2. The van der Waals surface area contributed by atoms with Gasteiger partial charge in [0.15, 0.2) is 0 Å². The van der Waals surface area contributed by atoms with Crippen LogP contribution < -0.4 is 5.32 Å². The molecule has 0 aromatic rings. The standard InChI is InChI=1S/C16H24N2O2/c1-16(13-7-8-13)15(20)18(11-14(19)17-16)10-9-12-5-3-2-4-6-12/h5,13H,2-4,6-11H2,1H3,(H,17,19). The number of nitrogens with one attached hydrogen (secondary N) is 1.